The summed E-state index contributed by atoms with van der Waals surface area (Å²) in [6.07, 6.45) is 0. The molecule has 0 atom stereocenters. The zero-order valence-electron chi connectivity index (χ0n) is 6.96. The second kappa shape index (κ2) is 4.77. The van der Waals surface area contributed by atoms with Gasteiger partial charge in [-0.2, -0.15) is 0 Å². The van der Waals surface area contributed by atoms with Gasteiger partial charge in [0.1, 0.15) is 9.49 Å². The lowest BCUT2D eigenvalue weighted by atomic mass is 10.1. The standard InChI is InChI=1S/C9H8Br2O2/c1-13-7-5-3-2-4-6(7)8(12)9(10)11/h2-5,9H,1H3. The maximum absolute atomic E-state index is 11.6. The molecule has 0 aliphatic rings. The summed E-state index contributed by atoms with van der Waals surface area (Å²) in [7, 11) is 1.55. The summed E-state index contributed by atoms with van der Waals surface area (Å²) in [6, 6.07) is 7.12. The van der Waals surface area contributed by atoms with Crippen molar-refractivity contribution in [3.8, 4) is 5.75 Å². The van der Waals surface area contributed by atoms with E-state index >= 15 is 0 Å². The Morgan fingerprint density at radius 2 is 2.00 bits per heavy atom. The van der Waals surface area contributed by atoms with Crippen molar-refractivity contribution in [3.63, 3.8) is 0 Å². The molecule has 0 radical (unpaired) electrons. The summed E-state index contributed by atoms with van der Waals surface area (Å²) in [4.78, 5) is 11.6. The van der Waals surface area contributed by atoms with Crippen LogP contribution < -0.4 is 4.74 Å². The van der Waals surface area contributed by atoms with Gasteiger partial charge in [-0.05, 0) is 12.1 Å². The van der Waals surface area contributed by atoms with Gasteiger partial charge < -0.3 is 4.74 Å². The number of Topliss-reactive ketones (excluding diaryl/α,β-unsaturated/α-hetero) is 1. The summed E-state index contributed by atoms with van der Waals surface area (Å²) in [6.45, 7) is 0. The van der Waals surface area contributed by atoms with Crippen molar-refractivity contribution >= 4 is 37.6 Å². The molecule has 0 spiro atoms. The van der Waals surface area contributed by atoms with Crippen molar-refractivity contribution in [2.75, 3.05) is 7.11 Å². The van der Waals surface area contributed by atoms with Gasteiger partial charge in [-0.3, -0.25) is 4.79 Å². The number of para-hydroxylation sites is 1. The van der Waals surface area contributed by atoms with E-state index in [9.17, 15) is 4.79 Å². The van der Waals surface area contributed by atoms with Crippen LogP contribution in [-0.4, -0.2) is 16.6 Å². The molecule has 0 aromatic heterocycles. The van der Waals surface area contributed by atoms with Gasteiger partial charge in [0.25, 0.3) is 0 Å². The highest BCUT2D eigenvalue weighted by atomic mass is 79.9. The number of rotatable bonds is 3. The van der Waals surface area contributed by atoms with Gasteiger partial charge in [-0.25, -0.2) is 0 Å². The number of hydrogen-bond donors (Lipinski definition) is 0. The van der Waals surface area contributed by atoms with Gasteiger partial charge in [0.05, 0.1) is 12.7 Å². The quantitative estimate of drug-likeness (QED) is 0.634. The van der Waals surface area contributed by atoms with E-state index in [2.05, 4.69) is 31.9 Å². The Balaban J connectivity index is 3.06. The summed E-state index contributed by atoms with van der Waals surface area (Å²) in [5.41, 5.74) is 0.573. The molecule has 0 saturated carbocycles. The average Bonchev–Trinajstić information content (AvgIpc) is 2.16. The maximum atomic E-state index is 11.6. The average molecular weight is 308 g/mol. The lowest BCUT2D eigenvalue weighted by Crippen LogP contribution is -2.08. The van der Waals surface area contributed by atoms with Gasteiger partial charge in [0, 0.05) is 0 Å². The van der Waals surface area contributed by atoms with Crippen LogP contribution in [0.4, 0.5) is 0 Å². The number of hydrogen-bond acceptors (Lipinski definition) is 2. The van der Waals surface area contributed by atoms with Crippen LogP contribution >= 0.6 is 31.9 Å². The van der Waals surface area contributed by atoms with Crippen LogP contribution in [0.15, 0.2) is 24.3 Å². The number of alkyl halides is 2. The van der Waals surface area contributed by atoms with Crippen molar-refractivity contribution in [2.45, 2.75) is 3.74 Å². The number of carbonyl (C=O) groups excluding carboxylic acids is 1. The van der Waals surface area contributed by atoms with Crippen LogP contribution in [0, 0.1) is 0 Å². The monoisotopic (exact) mass is 306 g/mol. The lowest BCUT2D eigenvalue weighted by Gasteiger charge is -2.06. The third-order valence-electron chi connectivity index (χ3n) is 1.57. The predicted molar refractivity (Wildman–Crippen MR) is 59.0 cm³/mol. The molecule has 0 aliphatic carbocycles. The van der Waals surface area contributed by atoms with Crippen LogP contribution in [0.3, 0.4) is 0 Å². The smallest absolute Gasteiger partial charge is 0.190 e. The minimum Gasteiger partial charge on any atom is -0.496 e. The van der Waals surface area contributed by atoms with Crippen molar-refractivity contribution in [1.29, 1.82) is 0 Å². The highest BCUT2D eigenvalue weighted by molar-refractivity contribution is 9.25. The fourth-order valence-electron chi connectivity index (χ4n) is 0.966. The van der Waals surface area contributed by atoms with Crippen molar-refractivity contribution in [2.24, 2.45) is 0 Å². The second-order valence-corrected chi connectivity index (χ2v) is 5.43. The number of halogens is 2. The first-order chi connectivity index (χ1) is 6.16. The molecule has 13 heavy (non-hydrogen) atoms. The number of ketones is 1. The molecule has 0 amide bonds. The molecule has 2 nitrogen and oxygen atoms in total. The number of benzene rings is 1. The lowest BCUT2D eigenvalue weighted by molar-refractivity contribution is 0.101. The maximum Gasteiger partial charge on any atom is 0.190 e. The first-order valence-electron chi connectivity index (χ1n) is 3.62. The molecular weight excluding hydrogens is 300 g/mol. The molecule has 70 valence electrons. The molecule has 0 aliphatic heterocycles. The molecule has 4 heteroatoms. The highest BCUT2D eigenvalue weighted by Crippen LogP contribution is 2.23. The van der Waals surface area contributed by atoms with E-state index in [-0.39, 0.29) is 9.52 Å². The summed E-state index contributed by atoms with van der Waals surface area (Å²) >= 11 is 6.30. The second-order valence-electron chi connectivity index (χ2n) is 2.37. The van der Waals surface area contributed by atoms with E-state index in [0.717, 1.165) is 0 Å². The van der Waals surface area contributed by atoms with Crippen LogP contribution in [0.2, 0.25) is 0 Å². The molecular formula is C9H8Br2O2. The first kappa shape index (κ1) is 10.7. The minimum atomic E-state index is -0.365. The van der Waals surface area contributed by atoms with Crippen LogP contribution in [-0.2, 0) is 0 Å². The molecule has 1 aromatic rings. The van der Waals surface area contributed by atoms with Crippen LogP contribution in [0.5, 0.6) is 5.75 Å². The Labute approximate surface area is 93.5 Å². The van der Waals surface area contributed by atoms with E-state index < -0.39 is 0 Å². The normalized spacial score (nSPS) is 10.2. The zero-order valence-corrected chi connectivity index (χ0v) is 10.1. The van der Waals surface area contributed by atoms with Gasteiger partial charge in [0.2, 0.25) is 0 Å². The van der Waals surface area contributed by atoms with Crippen LogP contribution in [0.25, 0.3) is 0 Å². The van der Waals surface area contributed by atoms with Gasteiger partial charge in [-0.1, -0.05) is 44.0 Å². The summed E-state index contributed by atoms with van der Waals surface area (Å²) < 4.78 is 4.69. The summed E-state index contributed by atoms with van der Waals surface area (Å²) in [5, 5.41) is 0. The minimum absolute atomic E-state index is 0.0440. The number of methoxy groups -OCH3 is 1. The van der Waals surface area contributed by atoms with E-state index in [0.29, 0.717) is 11.3 Å². The van der Waals surface area contributed by atoms with Crippen molar-refractivity contribution in [1.82, 2.24) is 0 Å². The van der Waals surface area contributed by atoms with Gasteiger partial charge >= 0.3 is 0 Å². The largest absolute Gasteiger partial charge is 0.496 e. The first-order valence-corrected chi connectivity index (χ1v) is 5.45. The Kier molecular flexibility index (Phi) is 3.93. The molecule has 0 heterocycles. The molecule has 0 unspecified atom stereocenters. The SMILES string of the molecule is COc1ccccc1C(=O)C(Br)Br. The van der Waals surface area contributed by atoms with E-state index in [4.69, 9.17) is 4.74 Å². The van der Waals surface area contributed by atoms with Gasteiger partial charge in [0.15, 0.2) is 5.78 Å². The molecule has 0 saturated heterocycles. The highest BCUT2D eigenvalue weighted by Gasteiger charge is 2.16. The molecule has 0 bridgehead atoms. The Hall–Kier alpha value is -0.350. The third kappa shape index (κ3) is 2.54. The Bertz CT molecular complexity index is 310. The van der Waals surface area contributed by atoms with Crippen molar-refractivity contribution < 1.29 is 9.53 Å². The van der Waals surface area contributed by atoms with E-state index in [1.807, 2.05) is 6.07 Å². The topological polar surface area (TPSA) is 26.3 Å². The fraction of sp³-hybridized carbons (Fsp3) is 0.222. The molecule has 1 rings (SSSR count). The Morgan fingerprint density at radius 1 is 1.38 bits per heavy atom. The summed E-state index contributed by atoms with van der Waals surface area (Å²) in [5.74, 6) is 0.550. The molecule has 1 aromatic carbocycles. The van der Waals surface area contributed by atoms with Crippen molar-refractivity contribution in [3.05, 3.63) is 29.8 Å². The number of ether oxygens (including phenoxy) is 1. The number of carbonyl (C=O) groups is 1. The third-order valence-corrected chi connectivity index (χ3v) is 2.40. The molecule has 0 fully saturated rings. The van der Waals surface area contributed by atoms with E-state index in [1.54, 1.807) is 25.3 Å². The fourth-order valence-corrected chi connectivity index (χ4v) is 1.46. The predicted octanol–water partition coefficient (Wildman–Crippen LogP) is 2.99. The Morgan fingerprint density at radius 3 is 2.54 bits per heavy atom. The zero-order chi connectivity index (χ0) is 9.84. The molecule has 0 N–H and O–H groups in total. The van der Waals surface area contributed by atoms with E-state index in [1.165, 1.54) is 0 Å². The van der Waals surface area contributed by atoms with Gasteiger partial charge in [-0.15, -0.1) is 0 Å². The van der Waals surface area contributed by atoms with Crippen LogP contribution in [0.1, 0.15) is 10.4 Å².